The number of hydrogen-bond donors (Lipinski definition) is 2. The van der Waals surface area contributed by atoms with E-state index >= 15 is 0 Å². The van der Waals surface area contributed by atoms with Crippen LogP contribution in [0.15, 0.2) is 47.4 Å². The fourth-order valence-corrected chi connectivity index (χ4v) is 2.80. The average Bonchev–Trinajstić information content (AvgIpc) is 2.53. The number of halogens is 1. The number of carbonyl (C=O) groups excluding carboxylic acids is 2. The molecule has 2 amide bonds. The number of amides is 2. The van der Waals surface area contributed by atoms with Gasteiger partial charge in [-0.25, -0.2) is 8.42 Å². The van der Waals surface area contributed by atoms with E-state index in [0.29, 0.717) is 5.02 Å². The topological polar surface area (TPSA) is 92.3 Å². The van der Waals surface area contributed by atoms with Gasteiger partial charge >= 0.3 is 0 Å². The number of sulfone groups is 1. The summed E-state index contributed by atoms with van der Waals surface area (Å²) in [4.78, 5) is 24.3. The first-order valence-corrected chi connectivity index (χ1v) is 9.12. The standard InChI is InChI=1S/C16H15ClN2O4S/c1-18-16(21)13-8-5-11(17)9-14(13)19-15(20)10-3-6-12(7-4-10)24(2,22)23/h3-9H,1-2H3,(H,18,21)(H,19,20). The number of hydrogen-bond acceptors (Lipinski definition) is 4. The second-order valence-corrected chi connectivity index (χ2v) is 7.47. The molecule has 2 N–H and O–H groups in total. The van der Waals surface area contributed by atoms with Gasteiger partial charge in [0.15, 0.2) is 9.84 Å². The third kappa shape index (κ3) is 4.12. The molecule has 2 aromatic rings. The minimum Gasteiger partial charge on any atom is -0.355 e. The molecule has 0 aromatic heterocycles. The molecule has 6 nitrogen and oxygen atoms in total. The predicted molar refractivity (Wildman–Crippen MR) is 92.3 cm³/mol. The smallest absolute Gasteiger partial charge is 0.255 e. The zero-order valence-electron chi connectivity index (χ0n) is 13.0. The minimum absolute atomic E-state index is 0.118. The number of benzene rings is 2. The SMILES string of the molecule is CNC(=O)c1ccc(Cl)cc1NC(=O)c1ccc(S(C)(=O)=O)cc1. The molecule has 126 valence electrons. The Kier molecular flexibility index (Phi) is 5.26. The third-order valence-corrected chi connectivity index (χ3v) is 4.61. The maximum absolute atomic E-state index is 12.3. The molecule has 0 saturated carbocycles. The van der Waals surface area contributed by atoms with Crippen molar-refractivity contribution in [3.05, 3.63) is 58.6 Å². The van der Waals surface area contributed by atoms with E-state index in [1.165, 1.54) is 43.4 Å². The van der Waals surface area contributed by atoms with E-state index in [2.05, 4.69) is 10.6 Å². The van der Waals surface area contributed by atoms with Gasteiger partial charge in [0, 0.05) is 23.9 Å². The second kappa shape index (κ2) is 7.02. The summed E-state index contributed by atoms with van der Waals surface area (Å²) >= 11 is 5.92. The molecular weight excluding hydrogens is 352 g/mol. The third-order valence-electron chi connectivity index (χ3n) is 3.25. The van der Waals surface area contributed by atoms with Crippen molar-refractivity contribution < 1.29 is 18.0 Å². The fourth-order valence-electron chi connectivity index (χ4n) is 2.00. The van der Waals surface area contributed by atoms with Crippen LogP contribution in [0.3, 0.4) is 0 Å². The molecule has 0 atom stereocenters. The van der Waals surface area contributed by atoms with E-state index in [0.717, 1.165) is 6.26 Å². The van der Waals surface area contributed by atoms with E-state index in [9.17, 15) is 18.0 Å². The summed E-state index contributed by atoms with van der Waals surface area (Å²) in [7, 11) is -1.85. The first-order chi connectivity index (χ1) is 11.2. The quantitative estimate of drug-likeness (QED) is 0.868. The summed E-state index contributed by atoms with van der Waals surface area (Å²) in [5.41, 5.74) is 0.785. The van der Waals surface area contributed by atoms with Gasteiger partial charge in [-0.15, -0.1) is 0 Å². The van der Waals surface area contributed by atoms with Gasteiger partial charge in [0.25, 0.3) is 11.8 Å². The van der Waals surface area contributed by atoms with Crippen LogP contribution in [0.2, 0.25) is 5.02 Å². The molecule has 2 rings (SSSR count). The Balaban J connectivity index is 2.30. The summed E-state index contributed by atoms with van der Waals surface area (Å²) in [5, 5.41) is 5.45. The Morgan fingerprint density at radius 3 is 2.17 bits per heavy atom. The summed E-state index contributed by atoms with van der Waals surface area (Å²) in [6, 6.07) is 10.0. The molecule has 0 unspecified atom stereocenters. The Hall–Kier alpha value is -2.38. The van der Waals surface area contributed by atoms with Crippen LogP contribution in [-0.2, 0) is 9.84 Å². The average molecular weight is 367 g/mol. The van der Waals surface area contributed by atoms with Crippen molar-refractivity contribution in [3.8, 4) is 0 Å². The Labute approximate surface area is 144 Å². The van der Waals surface area contributed by atoms with E-state index in [4.69, 9.17) is 11.6 Å². The molecular formula is C16H15ClN2O4S. The van der Waals surface area contributed by atoms with Crippen molar-refractivity contribution >= 4 is 38.9 Å². The molecule has 8 heteroatoms. The monoisotopic (exact) mass is 366 g/mol. The lowest BCUT2D eigenvalue weighted by molar-refractivity contribution is 0.0964. The van der Waals surface area contributed by atoms with Crippen molar-refractivity contribution in [1.29, 1.82) is 0 Å². The normalized spacial score (nSPS) is 11.0. The molecule has 2 aromatic carbocycles. The maximum Gasteiger partial charge on any atom is 0.255 e. The van der Waals surface area contributed by atoms with Crippen LogP contribution in [0.5, 0.6) is 0 Å². The number of anilines is 1. The van der Waals surface area contributed by atoms with Crippen LogP contribution in [-0.4, -0.2) is 33.5 Å². The first kappa shape index (κ1) is 18.0. The lowest BCUT2D eigenvalue weighted by Crippen LogP contribution is -2.21. The molecule has 0 aliphatic heterocycles. The summed E-state index contributed by atoms with van der Waals surface area (Å²) < 4.78 is 22.9. The highest BCUT2D eigenvalue weighted by molar-refractivity contribution is 7.90. The van der Waals surface area contributed by atoms with E-state index < -0.39 is 15.7 Å². The lowest BCUT2D eigenvalue weighted by Gasteiger charge is -2.11. The minimum atomic E-state index is -3.33. The van der Waals surface area contributed by atoms with Gasteiger partial charge in [0.1, 0.15) is 0 Å². The van der Waals surface area contributed by atoms with E-state index in [1.807, 2.05) is 0 Å². The van der Waals surface area contributed by atoms with Crippen LogP contribution in [0, 0.1) is 0 Å². The number of carbonyl (C=O) groups is 2. The van der Waals surface area contributed by atoms with Crippen molar-refractivity contribution in [1.82, 2.24) is 5.32 Å². The van der Waals surface area contributed by atoms with Crippen LogP contribution in [0.25, 0.3) is 0 Å². The van der Waals surface area contributed by atoms with Crippen molar-refractivity contribution in [2.24, 2.45) is 0 Å². The zero-order chi connectivity index (χ0) is 17.9. The van der Waals surface area contributed by atoms with Gasteiger partial charge < -0.3 is 10.6 Å². The Bertz CT molecular complexity index is 893. The highest BCUT2D eigenvalue weighted by Gasteiger charge is 2.15. The first-order valence-electron chi connectivity index (χ1n) is 6.85. The van der Waals surface area contributed by atoms with Gasteiger partial charge in [0.2, 0.25) is 0 Å². The van der Waals surface area contributed by atoms with Gasteiger partial charge in [-0.2, -0.15) is 0 Å². The molecule has 0 aliphatic rings. The van der Waals surface area contributed by atoms with Crippen molar-refractivity contribution in [3.63, 3.8) is 0 Å². The van der Waals surface area contributed by atoms with Crippen molar-refractivity contribution in [2.75, 3.05) is 18.6 Å². The predicted octanol–water partition coefficient (Wildman–Crippen LogP) is 2.36. The van der Waals surface area contributed by atoms with Crippen LogP contribution >= 0.6 is 11.6 Å². The van der Waals surface area contributed by atoms with Gasteiger partial charge in [-0.05, 0) is 42.5 Å². The highest BCUT2D eigenvalue weighted by Crippen LogP contribution is 2.22. The van der Waals surface area contributed by atoms with Crippen LogP contribution in [0.1, 0.15) is 20.7 Å². The molecule has 0 saturated heterocycles. The maximum atomic E-state index is 12.3. The summed E-state index contributed by atoms with van der Waals surface area (Å²) in [6.45, 7) is 0. The van der Waals surface area contributed by atoms with Gasteiger partial charge in [0.05, 0.1) is 16.1 Å². The molecule has 0 aliphatic carbocycles. The molecule has 0 fully saturated rings. The zero-order valence-corrected chi connectivity index (χ0v) is 14.5. The number of nitrogens with one attached hydrogen (secondary N) is 2. The molecule has 0 spiro atoms. The van der Waals surface area contributed by atoms with Gasteiger partial charge in [-0.1, -0.05) is 11.6 Å². The molecule has 0 heterocycles. The fraction of sp³-hybridized carbons (Fsp3) is 0.125. The van der Waals surface area contributed by atoms with E-state index in [1.54, 1.807) is 6.07 Å². The second-order valence-electron chi connectivity index (χ2n) is 5.02. The highest BCUT2D eigenvalue weighted by atomic mass is 35.5. The molecule has 0 bridgehead atoms. The lowest BCUT2D eigenvalue weighted by atomic mass is 10.1. The van der Waals surface area contributed by atoms with Crippen molar-refractivity contribution in [2.45, 2.75) is 4.90 Å². The summed E-state index contributed by atoms with van der Waals surface area (Å²) in [6.07, 6.45) is 1.09. The van der Waals surface area contributed by atoms with Crippen LogP contribution in [0.4, 0.5) is 5.69 Å². The number of rotatable bonds is 4. The Morgan fingerprint density at radius 2 is 1.62 bits per heavy atom. The molecule has 24 heavy (non-hydrogen) atoms. The van der Waals surface area contributed by atoms with E-state index in [-0.39, 0.29) is 27.6 Å². The largest absolute Gasteiger partial charge is 0.355 e. The van der Waals surface area contributed by atoms with Gasteiger partial charge in [-0.3, -0.25) is 9.59 Å². The van der Waals surface area contributed by atoms with Crippen LogP contribution < -0.4 is 10.6 Å². The summed E-state index contributed by atoms with van der Waals surface area (Å²) in [5.74, 6) is -0.850. The Morgan fingerprint density at radius 1 is 1.00 bits per heavy atom. The molecule has 0 radical (unpaired) electrons.